The molecule has 0 fully saturated rings. The number of halogens is 1. The first kappa shape index (κ1) is 11.2. The smallest absolute Gasteiger partial charge is 0.220 e. The molecule has 2 aromatic heterocycles. The van der Waals surface area contributed by atoms with Crippen LogP contribution in [0.15, 0.2) is 36.5 Å². The Morgan fingerprint density at radius 1 is 1.22 bits per heavy atom. The maximum Gasteiger partial charge on any atom is 0.252 e. The van der Waals surface area contributed by atoms with E-state index in [1.165, 1.54) is 0 Å². The van der Waals surface area contributed by atoms with Crippen LogP contribution in [0.25, 0.3) is 17.0 Å². The second-order valence-electron chi connectivity index (χ2n) is 3.90. The summed E-state index contributed by atoms with van der Waals surface area (Å²) in [5.74, 6) is 1.38. The van der Waals surface area contributed by atoms with Gasteiger partial charge in [-0.05, 0) is 12.1 Å². The Kier molecular flexibility index (Phi) is 2.72. The summed E-state index contributed by atoms with van der Waals surface area (Å²) in [5, 5.41) is 5.13. The zero-order valence-electron chi connectivity index (χ0n) is 9.84. The second kappa shape index (κ2) is 4.38. The Balaban J connectivity index is 2.29. The molecule has 2 heterocycles. The minimum absolute atomic E-state index is 0.601. The van der Waals surface area contributed by atoms with Crippen LogP contribution in [0.5, 0.6) is 0 Å². The highest BCUT2D eigenvalue weighted by Crippen LogP contribution is 2.26. The first-order valence-corrected chi connectivity index (χ1v) is 6.13. The van der Waals surface area contributed by atoms with E-state index in [2.05, 4.69) is 15.1 Å². The van der Waals surface area contributed by atoms with Gasteiger partial charge in [0, 0.05) is 23.2 Å². The van der Waals surface area contributed by atoms with Crippen molar-refractivity contribution in [1.82, 2.24) is 19.6 Å². The van der Waals surface area contributed by atoms with Crippen molar-refractivity contribution in [2.45, 2.75) is 13.3 Å². The maximum atomic E-state index is 6.22. The number of hydrogen-bond acceptors (Lipinski definition) is 3. The van der Waals surface area contributed by atoms with Gasteiger partial charge in [0.15, 0.2) is 5.82 Å². The van der Waals surface area contributed by atoms with Gasteiger partial charge in [0.2, 0.25) is 0 Å². The first-order chi connectivity index (χ1) is 8.79. The third-order valence-electron chi connectivity index (χ3n) is 2.75. The first-order valence-electron chi connectivity index (χ1n) is 5.75. The molecule has 3 rings (SSSR count). The molecular weight excluding hydrogens is 248 g/mol. The number of benzene rings is 1. The molecule has 0 N–H and O–H groups in total. The van der Waals surface area contributed by atoms with Gasteiger partial charge in [0.05, 0.1) is 5.69 Å². The molecule has 0 saturated carbocycles. The largest absolute Gasteiger partial charge is 0.252 e. The molecular formula is C13H11ClN4. The zero-order chi connectivity index (χ0) is 12.5. The van der Waals surface area contributed by atoms with Gasteiger partial charge in [-0.3, -0.25) is 0 Å². The molecule has 5 heteroatoms. The van der Waals surface area contributed by atoms with Crippen molar-refractivity contribution in [3.8, 4) is 11.3 Å². The highest BCUT2D eigenvalue weighted by atomic mass is 35.5. The molecule has 0 aliphatic heterocycles. The molecule has 0 amide bonds. The number of fused-ring (bicyclic) bond motifs is 1. The Labute approximate surface area is 109 Å². The molecule has 0 unspecified atom stereocenters. The van der Waals surface area contributed by atoms with Gasteiger partial charge < -0.3 is 0 Å². The number of rotatable bonds is 2. The van der Waals surface area contributed by atoms with Crippen molar-refractivity contribution >= 4 is 17.4 Å². The van der Waals surface area contributed by atoms with Crippen LogP contribution >= 0.6 is 11.6 Å². The SMILES string of the molecule is CCc1nc2nccc(-c3ccccc3Cl)n2n1. The Morgan fingerprint density at radius 2 is 2.06 bits per heavy atom. The van der Waals surface area contributed by atoms with Crippen molar-refractivity contribution in [2.75, 3.05) is 0 Å². The lowest BCUT2D eigenvalue weighted by Crippen LogP contribution is -1.96. The fraction of sp³-hybridized carbons (Fsp3) is 0.154. The van der Waals surface area contributed by atoms with Gasteiger partial charge in [-0.15, -0.1) is 5.10 Å². The van der Waals surface area contributed by atoms with Crippen molar-refractivity contribution in [2.24, 2.45) is 0 Å². The van der Waals surface area contributed by atoms with E-state index in [4.69, 9.17) is 11.6 Å². The zero-order valence-corrected chi connectivity index (χ0v) is 10.6. The molecule has 18 heavy (non-hydrogen) atoms. The molecule has 0 saturated heterocycles. The van der Waals surface area contributed by atoms with Crippen LogP contribution < -0.4 is 0 Å². The summed E-state index contributed by atoms with van der Waals surface area (Å²) < 4.78 is 1.74. The molecule has 90 valence electrons. The monoisotopic (exact) mass is 258 g/mol. The number of hydrogen-bond donors (Lipinski definition) is 0. The van der Waals surface area contributed by atoms with Crippen LogP contribution in [0.2, 0.25) is 5.02 Å². The van der Waals surface area contributed by atoms with Crippen molar-refractivity contribution < 1.29 is 0 Å². The van der Waals surface area contributed by atoms with E-state index in [1.807, 2.05) is 37.3 Å². The number of aromatic nitrogens is 4. The van der Waals surface area contributed by atoms with Crippen molar-refractivity contribution in [3.63, 3.8) is 0 Å². The van der Waals surface area contributed by atoms with Crippen LogP contribution in [0.3, 0.4) is 0 Å². The lowest BCUT2D eigenvalue weighted by atomic mass is 10.1. The fourth-order valence-corrected chi connectivity index (χ4v) is 2.09. The minimum Gasteiger partial charge on any atom is -0.220 e. The molecule has 4 nitrogen and oxygen atoms in total. The Morgan fingerprint density at radius 3 is 2.83 bits per heavy atom. The average Bonchev–Trinajstić information content (AvgIpc) is 2.82. The number of aryl methyl sites for hydroxylation is 1. The summed E-state index contributed by atoms with van der Waals surface area (Å²) in [6.45, 7) is 2.02. The third kappa shape index (κ3) is 1.75. The molecule has 0 bridgehead atoms. The summed E-state index contributed by atoms with van der Waals surface area (Å²) >= 11 is 6.22. The number of nitrogens with zero attached hydrogens (tertiary/aromatic N) is 4. The highest BCUT2D eigenvalue weighted by molar-refractivity contribution is 6.33. The fourth-order valence-electron chi connectivity index (χ4n) is 1.86. The van der Waals surface area contributed by atoms with Gasteiger partial charge in [-0.1, -0.05) is 36.7 Å². The topological polar surface area (TPSA) is 43.1 Å². The minimum atomic E-state index is 0.601. The van der Waals surface area contributed by atoms with Gasteiger partial charge >= 0.3 is 0 Å². The standard InChI is InChI=1S/C13H11ClN4/c1-2-12-16-13-15-8-7-11(18(13)17-12)9-5-3-4-6-10(9)14/h3-8H,2H2,1H3. The molecule has 0 radical (unpaired) electrons. The highest BCUT2D eigenvalue weighted by Gasteiger charge is 2.10. The molecule has 0 atom stereocenters. The van der Waals surface area contributed by atoms with Crippen molar-refractivity contribution in [3.05, 3.63) is 47.4 Å². The molecule has 0 spiro atoms. The van der Waals surface area contributed by atoms with Crippen molar-refractivity contribution in [1.29, 1.82) is 0 Å². The van der Waals surface area contributed by atoms with Crippen LogP contribution in [0.1, 0.15) is 12.7 Å². The van der Waals surface area contributed by atoms with Gasteiger partial charge in [0.1, 0.15) is 0 Å². The Bertz CT molecular complexity index is 705. The maximum absolute atomic E-state index is 6.22. The molecule has 0 aliphatic rings. The predicted octanol–water partition coefficient (Wildman–Crippen LogP) is 3.01. The van der Waals surface area contributed by atoms with Crippen LogP contribution in [-0.4, -0.2) is 19.6 Å². The van der Waals surface area contributed by atoms with E-state index in [-0.39, 0.29) is 0 Å². The summed E-state index contributed by atoms with van der Waals surface area (Å²) in [6.07, 6.45) is 2.51. The van der Waals surface area contributed by atoms with Crippen LogP contribution in [-0.2, 0) is 6.42 Å². The van der Waals surface area contributed by atoms with E-state index in [9.17, 15) is 0 Å². The van der Waals surface area contributed by atoms with Crippen LogP contribution in [0.4, 0.5) is 0 Å². The lowest BCUT2D eigenvalue weighted by molar-refractivity contribution is 0.885. The van der Waals surface area contributed by atoms with E-state index >= 15 is 0 Å². The van der Waals surface area contributed by atoms with Gasteiger partial charge in [-0.25, -0.2) is 4.98 Å². The molecule has 0 aliphatic carbocycles. The summed E-state index contributed by atoms with van der Waals surface area (Å²) in [6, 6.07) is 9.57. The Hall–Kier alpha value is -1.94. The van der Waals surface area contributed by atoms with E-state index in [1.54, 1.807) is 10.7 Å². The van der Waals surface area contributed by atoms with E-state index in [0.29, 0.717) is 10.8 Å². The third-order valence-corrected chi connectivity index (χ3v) is 3.08. The summed E-state index contributed by atoms with van der Waals surface area (Å²) in [5.41, 5.74) is 1.83. The summed E-state index contributed by atoms with van der Waals surface area (Å²) in [4.78, 5) is 8.56. The summed E-state index contributed by atoms with van der Waals surface area (Å²) in [7, 11) is 0. The second-order valence-corrected chi connectivity index (χ2v) is 4.31. The van der Waals surface area contributed by atoms with Crippen LogP contribution in [0, 0.1) is 0 Å². The van der Waals surface area contributed by atoms with E-state index in [0.717, 1.165) is 23.5 Å². The van der Waals surface area contributed by atoms with Gasteiger partial charge in [0.25, 0.3) is 5.78 Å². The quantitative estimate of drug-likeness (QED) is 0.710. The lowest BCUT2D eigenvalue weighted by Gasteiger charge is -2.05. The molecule has 3 aromatic rings. The van der Waals surface area contributed by atoms with E-state index < -0.39 is 0 Å². The average molecular weight is 259 g/mol. The predicted molar refractivity (Wildman–Crippen MR) is 70.6 cm³/mol. The normalized spacial score (nSPS) is 11.0. The van der Waals surface area contributed by atoms with Gasteiger partial charge in [-0.2, -0.15) is 9.50 Å². The molecule has 1 aromatic carbocycles.